The lowest BCUT2D eigenvalue weighted by molar-refractivity contribution is -0.121. The number of halogens is 1. The number of amides is 1. The summed E-state index contributed by atoms with van der Waals surface area (Å²) in [5, 5.41) is 12.9. The number of benzene rings is 2. The fourth-order valence-corrected chi connectivity index (χ4v) is 3.36. The lowest BCUT2D eigenvalue weighted by Gasteiger charge is -2.25. The van der Waals surface area contributed by atoms with E-state index in [0.29, 0.717) is 0 Å². The van der Waals surface area contributed by atoms with E-state index in [-0.39, 0.29) is 24.2 Å². The molecule has 0 bridgehead atoms. The first kappa shape index (κ1) is 17.8. The normalized spacial score (nSPS) is 14.0. The Balaban J connectivity index is 0.00000182. The highest BCUT2D eigenvalue weighted by atomic mass is 35.5. The number of aromatic nitrogens is 2. The second-order valence-electron chi connectivity index (χ2n) is 5.83. The van der Waals surface area contributed by atoms with Gasteiger partial charge in [0.15, 0.2) is 0 Å². The van der Waals surface area contributed by atoms with Crippen LogP contribution in [0.4, 0.5) is 5.69 Å². The smallest absolute Gasteiger partial charge is 0.230 e. The van der Waals surface area contributed by atoms with Gasteiger partial charge >= 0.3 is 0 Å². The number of carbonyl (C=O) groups excluding carboxylic acids is 1. The van der Waals surface area contributed by atoms with E-state index in [0.717, 1.165) is 40.4 Å². The zero-order chi connectivity index (χ0) is 16.5. The van der Waals surface area contributed by atoms with E-state index < -0.39 is 0 Å². The Hall–Kier alpha value is -2.02. The monoisotopic (exact) mass is 374 g/mol. The lowest BCUT2D eigenvalue weighted by atomic mass is 10.0. The van der Waals surface area contributed by atoms with Gasteiger partial charge in [-0.15, -0.1) is 24.2 Å². The Morgan fingerprint density at radius 3 is 2.64 bits per heavy atom. The third-order valence-electron chi connectivity index (χ3n) is 4.26. The van der Waals surface area contributed by atoms with Crippen LogP contribution in [0.5, 0.6) is 0 Å². The maximum Gasteiger partial charge on any atom is 0.230 e. The minimum atomic E-state index is 0. The van der Waals surface area contributed by atoms with Gasteiger partial charge in [0.1, 0.15) is 5.03 Å². The number of fused-ring (bicyclic) bond motifs is 1. The Labute approximate surface area is 156 Å². The minimum absolute atomic E-state index is 0. The summed E-state index contributed by atoms with van der Waals surface area (Å²) in [6, 6.07) is 16.0. The molecule has 1 saturated heterocycles. The van der Waals surface area contributed by atoms with Gasteiger partial charge in [-0.3, -0.25) is 4.79 Å². The van der Waals surface area contributed by atoms with Crippen molar-refractivity contribution in [2.45, 2.75) is 5.03 Å². The minimum Gasteiger partial charge on any atom is -0.326 e. The van der Waals surface area contributed by atoms with Crippen LogP contribution in [0, 0.1) is 5.92 Å². The van der Waals surface area contributed by atoms with Gasteiger partial charge in [0.25, 0.3) is 0 Å². The van der Waals surface area contributed by atoms with Crippen molar-refractivity contribution in [3.63, 3.8) is 0 Å². The quantitative estimate of drug-likeness (QED) is 0.688. The molecule has 5 nitrogen and oxygen atoms in total. The number of nitrogens with zero attached hydrogens (tertiary/aromatic N) is 2. The molecule has 7 heteroatoms. The number of hydrogen-bond acceptors (Lipinski definition) is 4. The first-order valence-electron chi connectivity index (χ1n) is 7.90. The molecule has 1 fully saturated rings. The average Bonchev–Trinajstić information content (AvgIpc) is 2.92. The summed E-state index contributed by atoms with van der Waals surface area (Å²) < 4.78 is 1.93. The van der Waals surface area contributed by atoms with Gasteiger partial charge in [0.05, 0.1) is 17.1 Å². The second-order valence-corrected chi connectivity index (χ2v) is 6.63. The molecule has 0 atom stereocenters. The van der Waals surface area contributed by atoms with Crippen molar-refractivity contribution >= 4 is 46.7 Å². The number of nitrogens with one attached hydrogen (secondary N) is 2. The number of para-hydroxylation sites is 1. The lowest BCUT2D eigenvalue weighted by Crippen LogP contribution is -2.48. The van der Waals surface area contributed by atoms with Crippen molar-refractivity contribution < 1.29 is 4.79 Å². The third-order valence-corrected chi connectivity index (χ3v) is 4.95. The number of thioether (sulfide) groups is 1. The van der Waals surface area contributed by atoms with E-state index in [4.69, 9.17) is 5.10 Å². The summed E-state index contributed by atoms with van der Waals surface area (Å²) in [4.78, 5) is 12.2. The molecule has 1 amide bonds. The number of hydrogen-bond donors (Lipinski definition) is 2. The fraction of sp³-hybridized carbons (Fsp3) is 0.222. The van der Waals surface area contributed by atoms with Gasteiger partial charge in [-0.1, -0.05) is 18.2 Å². The number of carbonyl (C=O) groups is 1. The summed E-state index contributed by atoms with van der Waals surface area (Å²) in [5.41, 5.74) is 2.81. The van der Waals surface area contributed by atoms with Crippen molar-refractivity contribution in [3.05, 3.63) is 48.5 Å². The zero-order valence-electron chi connectivity index (χ0n) is 13.7. The molecule has 1 aromatic heterocycles. The molecule has 0 unspecified atom stereocenters. The molecule has 2 heterocycles. The molecule has 4 rings (SSSR count). The predicted molar refractivity (Wildman–Crippen MR) is 105 cm³/mol. The van der Waals surface area contributed by atoms with Crippen molar-refractivity contribution in [2.24, 2.45) is 5.92 Å². The van der Waals surface area contributed by atoms with Crippen LogP contribution >= 0.6 is 24.2 Å². The van der Waals surface area contributed by atoms with E-state index >= 15 is 0 Å². The predicted octanol–water partition coefficient (Wildman–Crippen LogP) is 3.33. The van der Waals surface area contributed by atoms with E-state index in [1.54, 1.807) is 11.8 Å². The van der Waals surface area contributed by atoms with Gasteiger partial charge < -0.3 is 10.6 Å². The topological polar surface area (TPSA) is 59.0 Å². The van der Waals surface area contributed by atoms with Crippen LogP contribution in [0.2, 0.25) is 0 Å². The van der Waals surface area contributed by atoms with E-state index in [1.165, 1.54) is 0 Å². The molecular weight excluding hydrogens is 356 g/mol. The summed E-state index contributed by atoms with van der Waals surface area (Å²) in [7, 11) is 0. The highest BCUT2D eigenvalue weighted by molar-refractivity contribution is 7.98. The molecule has 1 aliphatic rings. The molecule has 130 valence electrons. The van der Waals surface area contributed by atoms with E-state index in [1.807, 2.05) is 59.5 Å². The van der Waals surface area contributed by atoms with Crippen LogP contribution in [0.1, 0.15) is 0 Å². The average molecular weight is 375 g/mol. The highest BCUT2D eigenvalue weighted by Gasteiger charge is 2.25. The van der Waals surface area contributed by atoms with Crippen molar-refractivity contribution in [1.29, 1.82) is 0 Å². The highest BCUT2D eigenvalue weighted by Crippen LogP contribution is 2.30. The summed E-state index contributed by atoms with van der Waals surface area (Å²) >= 11 is 1.62. The summed E-state index contributed by atoms with van der Waals surface area (Å²) in [6.07, 6.45) is 2.02. The second kappa shape index (κ2) is 7.47. The van der Waals surface area contributed by atoms with Crippen molar-refractivity contribution in [3.8, 4) is 5.69 Å². The fourth-order valence-electron chi connectivity index (χ4n) is 2.80. The molecular formula is C18H19ClN4OS. The number of anilines is 1. The Kier molecular flexibility index (Phi) is 5.32. The maximum atomic E-state index is 12.2. The molecule has 3 aromatic rings. The van der Waals surface area contributed by atoms with Gasteiger partial charge in [-0.05, 0) is 36.6 Å². The van der Waals surface area contributed by atoms with Gasteiger partial charge in [-0.2, -0.15) is 5.10 Å². The molecule has 1 aliphatic heterocycles. The van der Waals surface area contributed by atoms with Gasteiger partial charge in [0.2, 0.25) is 5.91 Å². The first-order valence-corrected chi connectivity index (χ1v) is 9.12. The van der Waals surface area contributed by atoms with Crippen LogP contribution in [0.25, 0.3) is 16.6 Å². The number of rotatable bonds is 4. The first-order chi connectivity index (χ1) is 11.8. The SMILES string of the molecule is CSc1nn(-c2ccccc2)c2cc(NC(=O)C3CNC3)ccc12.Cl. The Morgan fingerprint density at radius 2 is 2.00 bits per heavy atom. The third kappa shape index (κ3) is 3.38. The summed E-state index contributed by atoms with van der Waals surface area (Å²) in [6.45, 7) is 1.51. The van der Waals surface area contributed by atoms with Crippen LogP contribution in [-0.2, 0) is 4.79 Å². The standard InChI is InChI=1S/C18H18N4OS.ClH/c1-24-18-15-8-7-13(20-17(23)12-10-19-11-12)9-16(15)22(21-18)14-5-3-2-4-6-14;/h2-9,12,19H,10-11H2,1H3,(H,20,23);1H. The molecule has 0 saturated carbocycles. The largest absolute Gasteiger partial charge is 0.326 e. The van der Waals surface area contributed by atoms with Crippen LogP contribution in [0.3, 0.4) is 0 Å². The molecule has 0 spiro atoms. The van der Waals surface area contributed by atoms with E-state index in [9.17, 15) is 4.79 Å². The molecule has 2 N–H and O–H groups in total. The van der Waals surface area contributed by atoms with Crippen molar-refractivity contribution in [2.75, 3.05) is 24.7 Å². The Morgan fingerprint density at radius 1 is 1.24 bits per heavy atom. The maximum absolute atomic E-state index is 12.2. The van der Waals surface area contributed by atoms with Crippen LogP contribution in [-0.4, -0.2) is 35.0 Å². The van der Waals surface area contributed by atoms with Crippen LogP contribution in [0.15, 0.2) is 53.6 Å². The van der Waals surface area contributed by atoms with Crippen molar-refractivity contribution in [1.82, 2.24) is 15.1 Å². The zero-order valence-corrected chi connectivity index (χ0v) is 15.4. The van der Waals surface area contributed by atoms with Crippen LogP contribution < -0.4 is 10.6 Å². The summed E-state index contributed by atoms with van der Waals surface area (Å²) in [5.74, 6) is 0.144. The van der Waals surface area contributed by atoms with Gasteiger partial charge in [0, 0.05) is 24.2 Å². The molecule has 0 aliphatic carbocycles. The molecule has 2 aromatic carbocycles. The molecule has 0 radical (unpaired) electrons. The Bertz CT molecular complexity index is 893. The van der Waals surface area contributed by atoms with Gasteiger partial charge in [-0.25, -0.2) is 4.68 Å². The molecule has 25 heavy (non-hydrogen) atoms. The van der Waals surface area contributed by atoms with E-state index in [2.05, 4.69) is 10.6 Å².